The van der Waals surface area contributed by atoms with E-state index in [1.165, 1.54) is 48.6 Å². The summed E-state index contributed by atoms with van der Waals surface area (Å²) in [5.74, 6) is -0.740. The third-order valence-electron chi connectivity index (χ3n) is 15.0. The van der Waals surface area contributed by atoms with Gasteiger partial charge in [0.2, 0.25) is 23.6 Å². The summed E-state index contributed by atoms with van der Waals surface area (Å²) in [6.45, 7) is 116. The van der Waals surface area contributed by atoms with E-state index in [0.717, 1.165) is 69.7 Å². The van der Waals surface area contributed by atoms with Crippen LogP contribution in [0, 0.1) is 54.1 Å². The quantitative estimate of drug-likeness (QED) is 0.0294. The molecule has 0 spiro atoms. The van der Waals surface area contributed by atoms with E-state index in [1.54, 1.807) is 65.0 Å². The van der Waals surface area contributed by atoms with Crippen LogP contribution in [0.4, 0.5) is 0 Å². The lowest BCUT2D eigenvalue weighted by Crippen LogP contribution is -2.36. The molecule has 4 amide bonds. The Labute approximate surface area is 731 Å². The zero-order valence-corrected chi connectivity index (χ0v) is 84.0. The molecule has 0 aliphatic carbocycles. The van der Waals surface area contributed by atoms with Gasteiger partial charge in [0.05, 0.1) is 13.2 Å². The third-order valence-corrected chi connectivity index (χ3v) is 15.0. The van der Waals surface area contributed by atoms with Crippen LogP contribution in [-0.4, -0.2) is 156 Å². The van der Waals surface area contributed by atoms with Crippen LogP contribution in [0.1, 0.15) is 309 Å². The first-order valence-electron chi connectivity index (χ1n) is 41.9. The second kappa shape index (κ2) is 67.6. The minimum Gasteiger partial charge on any atom is -0.462 e. The number of ketones is 2. The fourth-order valence-corrected chi connectivity index (χ4v) is 7.74. The molecule has 690 valence electrons. The number of esters is 4. The maximum absolute atomic E-state index is 11.4. The Morgan fingerprint density at radius 3 is 0.916 bits per heavy atom. The van der Waals surface area contributed by atoms with E-state index in [-0.39, 0.29) is 125 Å². The molecule has 0 N–H and O–H groups in total. The van der Waals surface area contributed by atoms with Crippen molar-refractivity contribution in [2.24, 2.45) is 54.1 Å². The number of carbonyl (C=O) groups excluding carboxylic acids is 10. The molecule has 18 nitrogen and oxygen atoms in total. The zero-order chi connectivity index (χ0) is 96.7. The highest BCUT2D eigenvalue weighted by Crippen LogP contribution is 2.26. The molecule has 0 aromatic carbocycles. The van der Waals surface area contributed by atoms with Crippen molar-refractivity contribution in [2.75, 3.05) is 65.6 Å². The first-order chi connectivity index (χ1) is 53.4. The van der Waals surface area contributed by atoms with E-state index in [9.17, 15) is 47.9 Å². The Morgan fingerprint density at radius 2 is 0.630 bits per heavy atom. The van der Waals surface area contributed by atoms with E-state index in [0.29, 0.717) is 39.1 Å². The molecule has 0 aliphatic heterocycles. The number of carbonyl (C=O) groups is 10. The van der Waals surface area contributed by atoms with Crippen molar-refractivity contribution in [1.29, 1.82) is 0 Å². The van der Waals surface area contributed by atoms with E-state index >= 15 is 0 Å². The van der Waals surface area contributed by atoms with Gasteiger partial charge in [0, 0.05) is 89.5 Å². The molecule has 2 atom stereocenters. The SMILES string of the molecule is C/C=C/C(=O)OC(C)C(C)(C)C.C/C=C/C(=O)OCC(C)(C)C.C=CC(=O)N(CC)CC(C)(C)C.C=CC(=O)N(CC)CCC(C)(C)C.C=CC(=O)OC(C)C(C)(C)C.C=CC(=O)OCC(C)(C)C.C=CCN(CC(C)(C)C)C(=O)C=C.C=CCN(CCC(C)(C)C)C(=O)C=C.CC(C)=CC(=O)CC(C)(C)C.CC(C)=CC(=O)CCC(C)(C)C. The molecule has 0 bridgehead atoms. The highest BCUT2D eigenvalue weighted by molar-refractivity contribution is 5.91. The molecule has 0 heterocycles. The van der Waals surface area contributed by atoms with Gasteiger partial charge in [0.15, 0.2) is 11.6 Å². The van der Waals surface area contributed by atoms with Crippen LogP contribution in [-0.2, 0) is 66.9 Å². The Balaban J connectivity index is -0.000000139. The number of nitrogens with zero attached hydrogens (tertiary/aromatic N) is 4. The molecule has 0 saturated heterocycles. The standard InChI is InChI=1S/C12H21NO.C11H21NO.C11H19NO.C11H20O.C10H19NO.C10H18O2.C10H18O.2C9H16O2.C8H14O2/c1-6-9-13(11(14)7-2)10-8-12(3,4)5;1-6-10(13)12(7-2)9-8-11(3,4)5;1-6-8-12(10(13)7-2)9-11(3,4)5;1-9(2)8-10(12)6-7-11(3,4)5;1-6-9(12)11(7-2)8-10(3,4)5;1-6-7-9(11)12-8(2)10(3,4)5;1-8(2)6-9(11)7-10(3,4)5;1-6-8(10)11-7(2)9(3,4)5;1-5-6-8(10)11-7-9(2,3)4;1-5-7(9)10-6-8(2,3)4/h6-7H,1-2,8-10H2,3-5H3;6H,1,7-9H2,2-5H3;6-7H,1-2,8-9H2,3-5H3;8H,6-7H2,1-5H3;6H,1,7-8H2,2-5H3;6-8H,1-5H3;6H,7H2,1-5H3;6-7H,1H2,2-5H3;5-6H,7H2,1-4H3;5H,1,6H2,2-4H3/b;;;;;7-6+;;;6-5+;. The van der Waals surface area contributed by atoms with E-state index in [4.69, 9.17) is 18.9 Å². The van der Waals surface area contributed by atoms with Crippen LogP contribution in [0.15, 0.2) is 149 Å². The first-order valence-corrected chi connectivity index (χ1v) is 41.9. The number of allylic oxidation sites excluding steroid dienone is 6. The fourth-order valence-electron chi connectivity index (χ4n) is 7.74. The first kappa shape index (κ1) is 132. The van der Waals surface area contributed by atoms with Crippen molar-refractivity contribution in [3.63, 3.8) is 0 Å². The molecule has 0 aromatic rings. The molecule has 119 heavy (non-hydrogen) atoms. The predicted molar refractivity (Wildman–Crippen MR) is 508 cm³/mol. The maximum Gasteiger partial charge on any atom is 0.330 e. The van der Waals surface area contributed by atoms with Gasteiger partial charge in [-0.25, -0.2) is 19.2 Å². The highest BCUT2D eigenvalue weighted by atomic mass is 16.6. The monoisotopic (exact) mass is 1680 g/mol. The number of ether oxygens (including phenoxy) is 4. The molecule has 0 fully saturated rings. The summed E-state index contributed by atoms with van der Waals surface area (Å²) in [5, 5.41) is 0. The molecule has 0 saturated carbocycles. The number of hydrogen-bond donors (Lipinski definition) is 0. The van der Waals surface area contributed by atoms with Crippen molar-refractivity contribution in [3.05, 3.63) is 149 Å². The third kappa shape index (κ3) is 108. The van der Waals surface area contributed by atoms with Crippen LogP contribution in [0.2, 0.25) is 0 Å². The van der Waals surface area contributed by atoms with Gasteiger partial charge in [0.1, 0.15) is 12.2 Å². The number of hydrogen-bond acceptors (Lipinski definition) is 14. The molecule has 0 aliphatic rings. The second-order valence-corrected chi connectivity index (χ2v) is 41.2. The lowest BCUT2D eigenvalue weighted by molar-refractivity contribution is -0.147. The molecular formula is C101H182N4O14. The summed E-state index contributed by atoms with van der Waals surface area (Å²) in [7, 11) is 0. The van der Waals surface area contributed by atoms with Gasteiger partial charge in [0.25, 0.3) is 0 Å². The number of likely N-dealkylation sites (N-methyl/N-ethyl adjacent to an activating group) is 2. The van der Waals surface area contributed by atoms with Crippen molar-refractivity contribution in [1.82, 2.24) is 19.6 Å². The number of amides is 4. The smallest absolute Gasteiger partial charge is 0.330 e. The molecule has 0 aromatic heterocycles. The zero-order valence-electron chi connectivity index (χ0n) is 84.0. The van der Waals surface area contributed by atoms with E-state index in [2.05, 4.69) is 177 Å². The van der Waals surface area contributed by atoms with Crippen molar-refractivity contribution >= 4 is 59.1 Å². The Hall–Kier alpha value is -8.02. The largest absolute Gasteiger partial charge is 0.462 e. The van der Waals surface area contributed by atoms with Gasteiger partial charge in [-0.1, -0.05) is 283 Å². The van der Waals surface area contributed by atoms with E-state index < -0.39 is 0 Å². The molecular weight excluding hydrogens is 1490 g/mol. The van der Waals surface area contributed by atoms with Gasteiger partial charge in [-0.3, -0.25) is 28.8 Å². The topological polar surface area (TPSA) is 221 Å². The summed E-state index contributed by atoms with van der Waals surface area (Å²) >= 11 is 0. The Kier molecular flexibility index (Phi) is 74.8. The molecule has 0 rings (SSSR count). The van der Waals surface area contributed by atoms with Gasteiger partial charge in [-0.2, -0.15) is 0 Å². The van der Waals surface area contributed by atoms with Gasteiger partial charge < -0.3 is 38.5 Å². The van der Waals surface area contributed by atoms with Crippen LogP contribution in [0.3, 0.4) is 0 Å². The minimum atomic E-state index is -0.354. The lowest BCUT2D eigenvalue weighted by atomic mass is 9.89. The summed E-state index contributed by atoms with van der Waals surface area (Å²) in [5.41, 5.74) is 3.47. The maximum atomic E-state index is 11.4. The summed E-state index contributed by atoms with van der Waals surface area (Å²) < 4.78 is 19.9. The number of rotatable bonds is 29. The fraction of sp³-hybridized carbons (Fsp3) is 0.663. The van der Waals surface area contributed by atoms with Crippen LogP contribution in [0.5, 0.6) is 0 Å². The normalized spacial score (nSPS) is 11.7. The van der Waals surface area contributed by atoms with E-state index in [1.807, 2.05) is 143 Å². The lowest BCUT2D eigenvalue weighted by Gasteiger charge is -2.28. The summed E-state index contributed by atoms with van der Waals surface area (Å²) in [6.07, 6.45) is 25.1. The van der Waals surface area contributed by atoms with Gasteiger partial charge in [-0.05, 0) is 179 Å². The van der Waals surface area contributed by atoms with Crippen LogP contribution >= 0.6 is 0 Å². The molecule has 2 unspecified atom stereocenters. The Bertz CT molecular complexity index is 3090. The van der Waals surface area contributed by atoms with Crippen LogP contribution < -0.4 is 0 Å². The summed E-state index contributed by atoms with van der Waals surface area (Å²) in [4.78, 5) is 118. The van der Waals surface area contributed by atoms with Crippen molar-refractivity contribution in [2.45, 2.75) is 321 Å². The minimum absolute atomic E-state index is 0.00132. The average Bonchev–Trinajstić information content (AvgIpc) is 0.916. The van der Waals surface area contributed by atoms with Crippen molar-refractivity contribution < 1.29 is 66.9 Å². The summed E-state index contributed by atoms with van der Waals surface area (Å²) in [6, 6.07) is 0. The molecule has 0 radical (unpaired) electrons. The van der Waals surface area contributed by atoms with Gasteiger partial charge in [-0.15, -0.1) is 13.2 Å². The van der Waals surface area contributed by atoms with Gasteiger partial charge >= 0.3 is 23.9 Å². The average molecular weight is 1680 g/mol. The second-order valence-electron chi connectivity index (χ2n) is 41.2. The predicted octanol–water partition coefficient (Wildman–Crippen LogP) is 24.3. The highest BCUT2D eigenvalue weighted by Gasteiger charge is 2.25. The molecule has 18 heteroatoms. The Morgan fingerprint density at radius 1 is 0.336 bits per heavy atom. The van der Waals surface area contributed by atoms with Crippen LogP contribution in [0.25, 0.3) is 0 Å². The van der Waals surface area contributed by atoms with Crippen molar-refractivity contribution in [3.8, 4) is 0 Å².